The molecule has 4 nitrogen and oxygen atoms in total. The number of carbonyl (C=O) groups excluding carboxylic acids is 2. The molecule has 1 aliphatic heterocycles. The summed E-state index contributed by atoms with van der Waals surface area (Å²) in [5.74, 6) is -0.0491. The Bertz CT molecular complexity index is 781. The Balaban J connectivity index is 1.72. The summed E-state index contributed by atoms with van der Waals surface area (Å²) in [6.45, 7) is 2.72. The quantitative estimate of drug-likeness (QED) is 0.872. The maximum atomic E-state index is 12.1. The summed E-state index contributed by atoms with van der Waals surface area (Å²) < 4.78 is 0. The molecule has 0 radical (unpaired) electrons. The number of amides is 2. The highest BCUT2D eigenvalue weighted by atomic mass is 16.2. The van der Waals surface area contributed by atoms with Gasteiger partial charge < -0.3 is 10.2 Å². The molecular formula is C20H20N2O2. The highest BCUT2D eigenvalue weighted by Gasteiger charge is 2.23. The van der Waals surface area contributed by atoms with Gasteiger partial charge in [-0.15, -0.1) is 0 Å². The van der Waals surface area contributed by atoms with Crippen molar-refractivity contribution in [2.24, 2.45) is 0 Å². The van der Waals surface area contributed by atoms with E-state index in [1.165, 1.54) is 6.08 Å². The SMILES string of the molecule is Cc1ccc(NC(=O)/C=C/c2ccccc2)cc1N1CCCC1=O. The van der Waals surface area contributed by atoms with Gasteiger partial charge >= 0.3 is 0 Å². The van der Waals surface area contributed by atoms with Gasteiger partial charge in [-0.25, -0.2) is 0 Å². The van der Waals surface area contributed by atoms with Gasteiger partial charge in [0.2, 0.25) is 11.8 Å². The van der Waals surface area contributed by atoms with Gasteiger partial charge in [0.25, 0.3) is 0 Å². The van der Waals surface area contributed by atoms with Gasteiger partial charge in [0.05, 0.1) is 0 Å². The van der Waals surface area contributed by atoms with E-state index in [9.17, 15) is 9.59 Å². The monoisotopic (exact) mass is 320 g/mol. The number of nitrogens with zero attached hydrogens (tertiary/aromatic N) is 1. The fourth-order valence-corrected chi connectivity index (χ4v) is 2.80. The summed E-state index contributed by atoms with van der Waals surface area (Å²) >= 11 is 0. The number of nitrogens with one attached hydrogen (secondary N) is 1. The van der Waals surface area contributed by atoms with Crippen LogP contribution in [0.2, 0.25) is 0 Å². The maximum absolute atomic E-state index is 12.1. The topological polar surface area (TPSA) is 49.4 Å². The summed E-state index contributed by atoms with van der Waals surface area (Å²) in [6.07, 6.45) is 4.76. The lowest BCUT2D eigenvalue weighted by atomic mass is 10.1. The standard InChI is InChI=1S/C20H20N2O2/c1-15-9-11-17(14-18(15)22-13-5-8-20(22)24)21-19(23)12-10-16-6-3-2-4-7-16/h2-4,6-7,9-12,14H,5,8,13H2,1H3,(H,21,23)/b12-10+. The molecule has 0 spiro atoms. The van der Waals surface area contributed by atoms with E-state index >= 15 is 0 Å². The lowest BCUT2D eigenvalue weighted by Crippen LogP contribution is -2.24. The summed E-state index contributed by atoms with van der Waals surface area (Å²) in [5, 5.41) is 2.85. The molecule has 0 atom stereocenters. The molecular weight excluding hydrogens is 300 g/mol. The van der Waals surface area contributed by atoms with Crippen molar-refractivity contribution in [3.63, 3.8) is 0 Å². The van der Waals surface area contributed by atoms with E-state index in [2.05, 4.69) is 5.32 Å². The third-order valence-corrected chi connectivity index (χ3v) is 4.07. The highest BCUT2D eigenvalue weighted by Crippen LogP contribution is 2.28. The van der Waals surface area contributed by atoms with Crippen molar-refractivity contribution in [1.29, 1.82) is 0 Å². The molecule has 1 heterocycles. The van der Waals surface area contributed by atoms with Crippen molar-refractivity contribution in [3.05, 3.63) is 65.7 Å². The molecule has 0 saturated carbocycles. The Labute approximate surface area is 141 Å². The zero-order valence-electron chi connectivity index (χ0n) is 13.7. The van der Waals surface area contributed by atoms with Gasteiger partial charge in [0, 0.05) is 30.4 Å². The summed E-state index contributed by atoms with van der Waals surface area (Å²) in [4.78, 5) is 25.8. The van der Waals surface area contributed by atoms with E-state index in [1.807, 2.05) is 55.5 Å². The molecule has 0 aromatic heterocycles. The number of anilines is 2. The Hall–Kier alpha value is -2.88. The van der Waals surface area contributed by atoms with Crippen LogP contribution in [0.1, 0.15) is 24.0 Å². The lowest BCUT2D eigenvalue weighted by molar-refractivity contribution is -0.117. The van der Waals surface area contributed by atoms with Crippen LogP contribution >= 0.6 is 0 Å². The summed E-state index contributed by atoms with van der Waals surface area (Å²) in [7, 11) is 0. The number of carbonyl (C=O) groups is 2. The molecule has 0 unspecified atom stereocenters. The van der Waals surface area contributed by atoms with Crippen molar-refractivity contribution >= 4 is 29.3 Å². The van der Waals surface area contributed by atoms with Gasteiger partial charge in [-0.1, -0.05) is 36.4 Å². The van der Waals surface area contributed by atoms with E-state index in [1.54, 1.807) is 11.0 Å². The smallest absolute Gasteiger partial charge is 0.248 e. The maximum Gasteiger partial charge on any atom is 0.248 e. The fourth-order valence-electron chi connectivity index (χ4n) is 2.80. The Morgan fingerprint density at radius 1 is 1.17 bits per heavy atom. The minimum absolute atomic E-state index is 0.144. The van der Waals surface area contributed by atoms with E-state index in [0.29, 0.717) is 12.1 Å². The second-order valence-electron chi connectivity index (χ2n) is 5.88. The highest BCUT2D eigenvalue weighted by molar-refractivity contribution is 6.03. The second-order valence-corrected chi connectivity index (χ2v) is 5.88. The van der Waals surface area contributed by atoms with Crippen molar-refractivity contribution in [3.8, 4) is 0 Å². The van der Waals surface area contributed by atoms with Crippen LogP contribution in [-0.2, 0) is 9.59 Å². The van der Waals surface area contributed by atoms with Gasteiger partial charge in [-0.2, -0.15) is 0 Å². The molecule has 2 aromatic carbocycles. The third kappa shape index (κ3) is 3.71. The van der Waals surface area contributed by atoms with E-state index in [0.717, 1.165) is 29.8 Å². The first-order valence-electron chi connectivity index (χ1n) is 8.08. The number of rotatable bonds is 4. The fraction of sp³-hybridized carbons (Fsp3) is 0.200. The van der Waals surface area contributed by atoms with Gasteiger partial charge in [-0.3, -0.25) is 9.59 Å². The van der Waals surface area contributed by atoms with E-state index in [4.69, 9.17) is 0 Å². The molecule has 3 rings (SSSR count). The molecule has 1 fully saturated rings. The van der Waals surface area contributed by atoms with Crippen LogP contribution in [0.3, 0.4) is 0 Å². The predicted molar refractivity (Wildman–Crippen MR) is 96.9 cm³/mol. The number of hydrogen-bond acceptors (Lipinski definition) is 2. The molecule has 1 aliphatic rings. The summed E-state index contributed by atoms with van der Waals surface area (Å²) in [6, 6.07) is 15.3. The predicted octanol–water partition coefficient (Wildman–Crippen LogP) is 3.77. The molecule has 4 heteroatoms. The van der Waals surface area contributed by atoms with Gasteiger partial charge in [0.15, 0.2) is 0 Å². The first-order chi connectivity index (χ1) is 11.6. The second kappa shape index (κ2) is 7.13. The van der Waals surface area contributed by atoms with Crippen LogP contribution in [0.15, 0.2) is 54.6 Å². The number of hydrogen-bond donors (Lipinski definition) is 1. The largest absolute Gasteiger partial charge is 0.322 e. The Kier molecular flexibility index (Phi) is 4.75. The van der Waals surface area contributed by atoms with Crippen LogP contribution in [0.5, 0.6) is 0 Å². The van der Waals surface area contributed by atoms with Crippen molar-refractivity contribution in [1.82, 2.24) is 0 Å². The Morgan fingerprint density at radius 3 is 2.67 bits per heavy atom. The third-order valence-electron chi connectivity index (χ3n) is 4.07. The van der Waals surface area contributed by atoms with Crippen molar-refractivity contribution < 1.29 is 9.59 Å². The lowest BCUT2D eigenvalue weighted by Gasteiger charge is -2.19. The van der Waals surface area contributed by atoms with Crippen LogP contribution in [0, 0.1) is 6.92 Å². The minimum atomic E-state index is -0.193. The summed E-state index contributed by atoms with van der Waals surface area (Å²) in [5.41, 5.74) is 3.57. The molecule has 0 aliphatic carbocycles. The minimum Gasteiger partial charge on any atom is -0.322 e. The van der Waals surface area contributed by atoms with Crippen LogP contribution in [-0.4, -0.2) is 18.4 Å². The zero-order chi connectivity index (χ0) is 16.9. The molecule has 2 aromatic rings. The first-order valence-corrected chi connectivity index (χ1v) is 8.08. The van der Waals surface area contributed by atoms with Gasteiger partial charge in [0.1, 0.15) is 0 Å². The van der Waals surface area contributed by atoms with Crippen molar-refractivity contribution in [2.75, 3.05) is 16.8 Å². The number of aryl methyl sites for hydroxylation is 1. The van der Waals surface area contributed by atoms with Crippen LogP contribution in [0.25, 0.3) is 6.08 Å². The average molecular weight is 320 g/mol. The molecule has 1 N–H and O–H groups in total. The first kappa shape index (κ1) is 16.0. The average Bonchev–Trinajstić information content (AvgIpc) is 3.01. The van der Waals surface area contributed by atoms with E-state index < -0.39 is 0 Å². The normalized spacial score (nSPS) is 14.4. The molecule has 2 amide bonds. The number of benzene rings is 2. The van der Waals surface area contributed by atoms with Crippen LogP contribution < -0.4 is 10.2 Å². The van der Waals surface area contributed by atoms with E-state index in [-0.39, 0.29) is 11.8 Å². The Morgan fingerprint density at radius 2 is 1.96 bits per heavy atom. The molecule has 0 bridgehead atoms. The van der Waals surface area contributed by atoms with Crippen LogP contribution in [0.4, 0.5) is 11.4 Å². The molecule has 24 heavy (non-hydrogen) atoms. The zero-order valence-corrected chi connectivity index (χ0v) is 13.7. The van der Waals surface area contributed by atoms with Crippen molar-refractivity contribution in [2.45, 2.75) is 19.8 Å². The molecule has 1 saturated heterocycles. The molecule has 122 valence electrons. The van der Waals surface area contributed by atoms with Gasteiger partial charge in [-0.05, 0) is 42.7 Å².